The Hall–Kier alpha value is -2.17. The van der Waals surface area contributed by atoms with E-state index in [1.165, 1.54) is 0 Å². The third kappa shape index (κ3) is 3.23. The maximum absolute atomic E-state index is 12.4. The zero-order valence-electron chi connectivity index (χ0n) is 11.7. The molecule has 0 aliphatic heterocycles. The molecule has 0 radical (unpaired) electrons. The van der Waals surface area contributed by atoms with E-state index >= 15 is 0 Å². The lowest BCUT2D eigenvalue weighted by Crippen LogP contribution is -2.40. The van der Waals surface area contributed by atoms with E-state index in [4.69, 9.17) is 0 Å². The van der Waals surface area contributed by atoms with Crippen molar-refractivity contribution < 1.29 is 9.59 Å². The van der Waals surface area contributed by atoms with Crippen LogP contribution >= 0.6 is 0 Å². The standard InChI is InChI=1S/C15H19N3O2/c1-18(2)15(20)13-6-4-3-5-12(13)14(19)17-11-7-9-16-10-8-11/h3-4,7-10,12-13H,5-6H2,1-2H3,(H,16,17,19). The normalized spacial score (nSPS) is 21.3. The molecule has 1 aliphatic rings. The van der Waals surface area contributed by atoms with Crippen molar-refractivity contribution >= 4 is 17.5 Å². The quantitative estimate of drug-likeness (QED) is 0.852. The summed E-state index contributed by atoms with van der Waals surface area (Å²) in [6.45, 7) is 0. The minimum Gasteiger partial charge on any atom is -0.349 e. The molecule has 1 aliphatic carbocycles. The summed E-state index contributed by atoms with van der Waals surface area (Å²) in [5.74, 6) is -0.704. The van der Waals surface area contributed by atoms with Crippen LogP contribution in [0.3, 0.4) is 0 Å². The van der Waals surface area contributed by atoms with E-state index in [0.717, 1.165) is 0 Å². The maximum Gasteiger partial charge on any atom is 0.228 e. The molecular weight excluding hydrogens is 254 g/mol. The first-order chi connectivity index (χ1) is 9.59. The van der Waals surface area contributed by atoms with Crippen LogP contribution in [0.15, 0.2) is 36.7 Å². The molecule has 1 aromatic rings. The van der Waals surface area contributed by atoms with E-state index < -0.39 is 0 Å². The number of nitrogens with zero attached hydrogens (tertiary/aromatic N) is 2. The third-order valence-corrected chi connectivity index (χ3v) is 3.48. The summed E-state index contributed by atoms with van der Waals surface area (Å²) in [5.41, 5.74) is 0.704. The fourth-order valence-corrected chi connectivity index (χ4v) is 2.38. The number of aromatic nitrogens is 1. The van der Waals surface area contributed by atoms with Crippen molar-refractivity contribution in [1.82, 2.24) is 9.88 Å². The van der Waals surface area contributed by atoms with Crippen LogP contribution in [0, 0.1) is 11.8 Å². The second kappa shape index (κ2) is 6.32. The molecule has 0 aromatic carbocycles. The molecule has 1 heterocycles. The lowest BCUT2D eigenvalue weighted by atomic mass is 9.81. The Morgan fingerprint density at radius 1 is 1.15 bits per heavy atom. The smallest absolute Gasteiger partial charge is 0.228 e. The molecule has 2 amide bonds. The van der Waals surface area contributed by atoms with Gasteiger partial charge < -0.3 is 10.2 Å². The molecule has 2 atom stereocenters. The number of hydrogen-bond donors (Lipinski definition) is 1. The molecule has 0 saturated heterocycles. The molecule has 5 nitrogen and oxygen atoms in total. The van der Waals surface area contributed by atoms with E-state index in [1.807, 2.05) is 12.2 Å². The average molecular weight is 273 g/mol. The van der Waals surface area contributed by atoms with E-state index in [-0.39, 0.29) is 23.7 Å². The number of anilines is 1. The van der Waals surface area contributed by atoms with E-state index in [2.05, 4.69) is 10.3 Å². The van der Waals surface area contributed by atoms with Crippen LogP contribution in [0.25, 0.3) is 0 Å². The first kappa shape index (κ1) is 14.2. The van der Waals surface area contributed by atoms with Gasteiger partial charge in [0, 0.05) is 32.2 Å². The number of amides is 2. The Balaban J connectivity index is 2.10. The van der Waals surface area contributed by atoms with Crippen LogP contribution in [0.2, 0.25) is 0 Å². The highest BCUT2D eigenvalue weighted by atomic mass is 16.2. The molecule has 1 N–H and O–H groups in total. The second-order valence-corrected chi connectivity index (χ2v) is 5.11. The molecule has 106 valence electrons. The summed E-state index contributed by atoms with van der Waals surface area (Å²) in [4.78, 5) is 30.0. The number of nitrogens with one attached hydrogen (secondary N) is 1. The van der Waals surface area contributed by atoms with Crippen molar-refractivity contribution in [1.29, 1.82) is 0 Å². The van der Waals surface area contributed by atoms with Crippen molar-refractivity contribution in [3.8, 4) is 0 Å². The van der Waals surface area contributed by atoms with Crippen molar-refractivity contribution in [2.75, 3.05) is 19.4 Å². The largest absolute Gasteiger partial charge is 0.349 e. The van der Waals surface area contributed by atoms with Crippen molar-refractivity contribution in [2.45, 2.75) is 12.8 Å². The van der Waals surface area contributed by atoms with Gasteiger partial charge in [0.2, 0.25) is 11.8 Å². The van der Waals surface area contributed by atoms with Crippen LogP contribution in [0.5, 0.6) is 0 Å². The van der Waals surface area contributed by atoms with Gasteiger partial charge in [-0.25, -0.2) is 0 Å². The van der Waals surface area contributed by atoms with E-state index in [9.17, 15) is 9.59 Å². The zero-order chi connectivity index (χ0) is 14.5. The average Bonchev–Trinajstić information content (AvgIpc) is 2.47. The van der Waals surface area contributed by atoms with Crippen LogP contribution < -0.4 is 5.32 Å². The zero-order valence-corrected chi connectivity index (χ0v) is 11.7. The Labute approximate surface area is 118 Å². The minimum absolute atomic E-state index is 0.00392. The predicted molar refractivity (Wildman–Crippen MR) is 76.9 cm³/mol. The fraction of sp³-hybridized carbons (Fsp3) is 0.400. The fourth-order valence-electron chi connectivity index (χ4n) is 2.38. The second-order valence-electron chi connectivity index (χ2n) is 5.11. The number of carbonyl (C=O) groups is 2. The molecule has 0 spiro atoms. The van der Waals surface area contributed by atoms with E-state index in [0.29, 0.717) is 18.5 Å². The molecule has 5 heteroatoms. The highest BCUT2D eigenvalue weighted by molar-refractivity contribution is 5.96. The van der Waals surface area contributed by atoms with Gasteiger partial charge in [-0.05, 0) is 25.0 Å². The minimum atomic E-state index is -0.317. The van der Waals surface area contributed by atoms with Gasteiger partial charge in [0.15, 0.2) is 0 Å². The molecule has 0 bridgehead atoms. The summed E-state index contributed by atoms with van der Waals surface area (Å²) in [6.07, 6.45) is 8.41. The number of pyridine rings is 1. The van der Waals surface area contributed by atoms with Gasteiger partial charge in [-0.1, -0.05) is 12.2 Å². The summed E-state index contributed by atoms with van der Waals surface area (Å²) in [7, 11) is 3.44. The highest BCUT2D eigenvalue weighted by Gasteiger charge is 2.34. The van der Waals surface area contributed by atoms with E-state index in [1.54, 1.807) is 43.5 Å². The molecule has 20 heavy (non-hydrogen) atoms. The Bertz CT molecular complexity index is 511. The number of allylic oxidation sites excluding steroid dienone is 2. The SMILES string of the molecule is CN(C)C(=O)C1CC=CCC1C(=O)Nc1ccncc1. The summed E-state index contributed by atoms with van der Waals surface area (Å²) in [5, 5.41) is 2.85. The Kier molecular flexibility index (Phi) is 4.50. The Morgan fingerprint density at radius 2 is 1.75 bits per heavy atom. The van der Waals surface area contributed by atoms with Crippen LogP contribution in [-0.4, -0.2) is 35.8 Å². The topological polar surface area (TPSA) is 62.3 Å². The van der Waals surface area contributed by atoms with Crippen molar-refractivity contribution in [3.05, 3.63) is 36.7 Å². The Morgan fingerprint density at radius 3 is 2.35 bits per heavy atom. The van der Waals surface area contributed by atoms with Gasteiger partial charge in [0.05, 0.1) is 11.8 Å². The van der Waals surface area contributed by atoms with Gasteiger partial charge in [-0.2, -0.15) is 0 Å². The van der Waals surface area contributed by atoms with Crippen molar-refractivity contribution in [3.63, 3.8) is 0 Å². The summed E-state index contributed by atoms with van der Waals surface area (Å²) < 4.78 is 0. The molecular formula is C15H19N3O2. The molecule has 2 unspecified atom stereocenters. The predicted octanol–water partition coefficient (Wildman–Crippen LogP) is 1.69. The van der Waals surface area contributed by atoms with Crippen LogP contribution in [0.1, 0.15) is 12.8 Å². The van der Waals surface area contributed by atoms with Gasteiger partial charge in [0.25, 0.3) is 0 Å². The third-order valence-electron chi connectivity index (χ3n) is 3.48. The first-order valence-electron chi connectivity index (χ1n) is 6.66. The number of rotatable bonds is 3. The lowest BCUT2D eigenvalue weighted by Gasteiger charge is -2.28. The highest BCUT2D eigenvalue weighted by Crippen LogP contribution is 2.28. The molecule has 0 saturated carbocycles. The maximum atomic E-state index is 12.4. The lowest BCUT2D eigenvalue weighted by molar-refractivity contribution is -0.138. The van der Waals surface area contributed by atoms with Crippen LogP contribution in [0.4, 0.5) is 5.69 Å². The van der Waals surface area contributed by atoms with Gasteiger partial charge in [-0.3, -0.25) is 14.6 Å². The monoisotopic (exact) mass is 273 g/mol. The molecule has 2 rings (SSSR count). The van der Waals surface area contributed by atoms with Gasteiger partial charge >= 0.3 is 0 Å². The molecule has 1 aromatic heterocycles. The number of hydrogen-bond acceptors (Lipinski definition) is 3. The number of carbonyl (C=O) groups excluding carboxylic acids is 2. The van der Waals surface area contributed by atoms with Crippen molar-refractivity contribution in [2.24, 2.45) is 11.8 Å². The summed E-state index contributed by atoms with van der Waals surface area (Å²) in [6, 6.07) is 3.47. The summed E-state index contributed by atoms with van der Waals surface area (Å²) >= 11 is 0. The van der Waals surface area contributed by atoms with Gasteiger partial charge in [0.1, 0.15) is 0 Å². The first-order valence-corrected chi connectivity index (χ1v) is 6.66. The van der Waals surface area contributed by atoms with Crippen LogP contribution in [-0.2, 0) is 9.59 Å². The molecule has 0 fully saturated rings. The van der Waals surface area contributed by atoms with Gasteiger partial charge in [-0.15, -0.1) is 0 Å².